The van der Waals surface area contributed by atoms with Gasteiger partial charge in [-0.3, -0.25) is 14.6 Å². The second-order valence-electron chi connectivity index (χ2n) is 6.17. The summed E-state index contributed by atoms with van der Waals surface area (Å²) < 4.78 is 12.4. The molecule has 26 heavy (non-hydrogen) atoms. The summed E-state index contributed by atoms with van der Waals surface area (Å²) in [6.07, 6.45) is 3.14. The second-order valence-corrected chi connectivity index (χ2v) is 6.56. The molecule has 1 heterocycles. The van der Waals surface area contributed by atoms with Crippen molar-refractivity contribution < 1.29 is 14.3 Å². The van der Waals surface area contributed by atoms with E-state index < -0.39 is 0 Å². The van der Waals surface area contributed by atoms with Gasteiger partial charge in [0.15, 0.2) is 4.77 Å². The summed E-state index contributed by atoms with van der Waals surface area (Å²) in [5.74, 6) is 1.02. The first-order chi connectivity index (χ1) is 12.5. The molecule has 8 heteroatoms. The summed E-state index contributed by atoms with van der Waals surface area (Å²) in [7, 11) is 3.10. The van der Waals surface area contributed by atoms with Gasteiger partial charge in [-0.05, 0) is 43.6 Å². The SMILES string of the molecule is COc1ccc(-c2cc(=O)[nH]c(=S)n2CC(=O)NC2CCC2)c(OC)c1. The molecule has 1 aliphatic carbocycles. The van der Waals surface area contributed by atoms with Crippen LogP contribution >= 0.6 is 12.2 Å². The van der Waals surface area contributed by atoms with Crippen molar-refractivity contribution in [2.24, 2.45) is 0 Å². The summed E-state index contributed by atoms with van der Waals surface area (Å²) in [4.78, 5) is 26.9. The Morgan fingerprint density at radius 3 is 2.69 bits per heavy atom. The van der Waals surface area contributed by atoms with Crippen molar-refractivity contribution in [2.75, 3.05) is 14.2 Å². The lowest BCUT2D eigenvalue weighted by Crippen LogP contribution is -2.41. The average molecular weight is 375 g/mol. The van der Waals surface area contributed by atoms with Crippen LogP contribution in [0.2, 0.25) is 0 Å². The van der Waals surface area contributed by atoms with Gasteiger partial charge in [-0.25, -0.2) is 0 Å². The Bertz CT molecular complexity index is 931. The molecule has 138 valence electrons. The Kier molecular flexibility index (Phi) is 5.41. The summed E-state index contributed by atoms with van der Waals surface area (Å²) in [6.45, 7) is 0.0244. The predicted molar refractivity (Wildman–Crippen MR) is 100 cm³/mol. The molecule has 1 aromatic heterocycles. The van der Waals surface area contributed by atoms with Gasteiger partial charge in [0.05, 0.1) is 19.9 Å². The van der Waals surface area contributed by atoms with Crippen molar-refractivity contribution in [2.45, 2.75) is 31.8 Å². The van der Waals surface area contributed by atoms with E-state index in [2.05, 4.69) is 10.3 Å². The highest BCUT2D eigenvalue weighted by atomic mass is 32.1. The van der Waals surface area contributed by atoms with Crippen LogP contribution in [0.15, 0.2) is 29.1 Å². The molecule has 1 aromatic carbocycles. The molecular formula is C18H21N3O4S. The third-order valence-electron chi connectivity index (χ3n) is 4.49. The van der Waals surface area contributed by atoms with Crippen LogP contribution in [-0.4, -0.2) is 35.7 Å². The van der Waals surface area contributed by atoms with Crippen LogP contribution in [0.1, 0.15) is 19.3 Å². The lowest BCUT2D eigenvalue weighted by atomic mass is 9.93. The van der Waals surface area contributed by atoms with Gasteiger partial charge in [-0.15, -0.1) is 0 Å². The number of amides is 1. The lowest BCUT2D eigenvalue weighted by Gasteiger charge is -2.26. The van der Waals surface area contributed by atoms with E-state index in [4.69, 9.17) is 21.7 Å². The zero-order chi connectivity index (χ0) is 18.7. The van der Waals surface area contributed by atoms with Crippen molar-refractivity contribution in [3.63, 3.8) is 0 Å². The van der Waals surface area contributed by atoms with E-state index in [1.807, 2.05) is 0 Å². The number of aromatic amines is 1. The van der Waals surface area contributed by atoms with Gasteiger partial charge < -0.3 is 19.4 Å². The maximum Gasteiger partial charge on any atom is 0.252 e. The van der Waals surface area contributed by atoms with Gasteiger partial charge >= 0.3 is 0 Å². The first-order valence-corrected chi connectivity index (χ1v) is 8.78. The van der Waals surface area contributed by atoms with Gasteiger partial charge in [0, 0.05) is 23.7 Å². The first-order valence-electron chi connectivity index (χ1n) is 8.37. The number of carbonyl (C=O) groups excluding carboxylic acids is 1. The van der Waals surface area contributed by atoms with E-state index in [0.717, 1.165) is 19.3 Å². The number of methoxy groups -OCH3 is 2. The maximum atomic E-state index is 12.4. The molecule has 0 saturated heterocycles. The van der Waals surface area contributed by atoms with Crippen molar-refractivity contribution in [1.29, 1.82) is 0 Å². The minimum atomic E-state index is -0.335. The minimum absolute atomic E-state index is 0.0244. The quantitative estimate of drug-likeness (QED) is 0.757. The molecule has 3 rings (SSSR count). The van der Waals surface area contributed by atoms with Gasteiger partial charge in [-0.2, -0.15) is 0 Å². The van der Waals surface area contributed by atoms with E-state index in [1.165, 1.54) is 13.2 Å². The van der Waals surface area contributed by atoms with Crippen molar-refractivity contribution in [3.8, 4) is 22.8 Å². The standard InChI is InChI=1S/C18H21N3O4S/c1-24-12-6-7-13(15(8-12)25-2)14-9-16(22)20-18(26)21(14)10-17(23)19-11-4-3-5-11/h6-9,11H,3-5,10H2,1-2H3,(H,19,23)(H,20,22,26). The van der Waals surface area contributed by atoms with Crippen LogP contribution in [0.5, 0.6) is 11.5 Å². The van der Waals surface area contributed by atoms with Crippen molar-refractivity contribution in [3.05, 3.63) is 39.4 Å². The fourth-order valence-corrected chi connectivity index (χ4v) is 3.14. The lowest BCUT2D eigenvalue weighted by molar-refractivity contribution is -0.122. The van der Waals surface area contributed by atoms with Crippen molar-refractivity contribution in [1.82, 2.24) is 14.9 Å². The average Bonchev–Trinajstić information content (AvgIpc) is 2.59. The van der Waals surface area contributed by atoms with Crippen LogP contribution in [-0.2, 0) is 11.3 Å². The van der Waals surface area contributed by atoms with Gasteiger partial charge in [0.2, 0.25) is 5.91 Å². The summed E-state index contributed by atoms with van der Waals surface area (Å²) in [5, 5.41) is 2.98. The normalized spacial score (nSPS) is 13.8. The van der Waals surface area contributed by atoms with E-state index in [-0.39, 0.29) is 28.8 Å². The monoisotopic (exact) mass is 375 g/mol. The largest absolute Gasteiger partial charge is 0.497 e. The Morgan fingerprint density at radius 2 is 2.08 bits per heavy atom. The van der Waals surface area contributed by atoms with Crippen LogP contribution in [0.3, 0.4) is 0 Å². The Morgan fingerprint density at radius 1 is 1.31 bits per heavy atom. The summed E-state index contributed by atoms with van der Waals surface area (Å²) in [6, 6.07) is 6.91. The molecule has 2 aromatic rings. The number of hydrogen-bond acceptors (Lipinski definition) is 5. The summed E-state index contributed by atoms with van der Waals surface area (Å²) in [5.41, 5.74) is 0.836. The van der Waals surface area contributed by atoms with Gasteiger partial charge in [0.25, 0.3) is 5.56 Å². The van der Waals surface area contributed by atoms with Gasteiger partial charge in [-0.1, -0.05) is 0 Å². The van der Waals surface area contributed by atoms with E-state index >= 15 is 0 Å². The Labute approximate surface area is 156 Å². The summed E-state index contributed by atoms with van der Waals surface area (Å²) >= 11 is 5.29. The highest BCUT2D eigenvalue weighted by Crippen LogP contribution is 2.32. The van der Waals surface area contributed by atoms with E-state index in [0.29, 0.717) is 22.8 Å². The molecule has 0 unspecified atom stereocenters. The van der Waals surface area contributed by atoms with Crippen LogP contribution in [0.4, 0.5) is 0 Å². The van der Waals surface area contributed by atoms with Gasteiger partial charge in [0.1, 0.15) is 18.0 Å². The zero-order valence-electron chi connectivity index (χ0n) is 14.7. The van der Waals surface area contributed by atoms with Crippen LogP contribution in [0, 0.1) is 4.77 Å². The van der Waals surface area contributed by atoms with E-state index in [1.54, 1.807) is 29.9 Å². The first kappa shape index (κ1) is 18.2. The van der Waals surface area contributed by atoms with E-state index in [9.17, 15) is 9.59 Å². The molecule has 2 N–H and O–H groups in total. The third-order valence-corrected chi connectivity index (χ3v) is 4.81. The third kappa shape index (κ3) is 3.80. The fourth-order valence-electron chi connectivity index (χ4n) is 2.88. The highest BCUT2D eigenvalue weighted by molar-refractivity contribution is 7.71. The number of hydrogen-bond donors (Lipinski definition) is 2. The zero-order valence-corrected chi connectivity index (χ0v) is 15.5. The molecule has 0 atom stereocenters. The molecule has 0 bridgehead atoms. The predicted octanol–water partition coefficient (Wildman–Crippen LogP) is 2.26. The number of aromatic nitrogens is 2. The molecular weight excluding hydrogens is 354 g/mol. The Hall–Kier alpha value is -2.61. The number of nitrogens with one attached hydrogen (secondary N) is 2. The fraction of sp³-hybridized carbons (Fsp3) is 0.389. The smallest absolute Gasteiger partial charge is 0.252 e. The molecule has 0 spiro atoms. The number of rotatable bonds is 6. The number of carbonyl (C=O) groups is 1. The molecule has 1 aliphatic rings. The second kappa shape index (κ2) is 7.74. The number of ether oxygens (including phenoxy) is 2. The number of nitrogens with zero attached hydrogens (tertiary/aromatic N) is 1. The molecule has 1 amide bonds. The number of H-pyrrole nitrogens is 1. The molecule has 0 aliphatic heterocycles. The topological polar surface area (TPSA) is 85.4 Å². The highest BCUT2D eigenvalue weighted by Gasteiger charge is 2.21. The maximum absolute atomic E-state index is 12.4. The number of benzene rings is 1. The van der Waals surface area contributed by atoms with Crippen molar-refractivity contribution >= 4 is 18.1 Å². The van der Waals surface area contributed by atoms with Crippen LogP contribution < -0.4 is 20.3 Å². The van der Waals surface area contributed by atoms with Crippen LogP contribution in [0.25, 0.3) is 11.3 Å². The molecule has 1 fully saturated rings. The molecule has 1 saturated carbocycles. The molecule has 7 nitrogen and oxygen atoms in total. The minimum Gasteiger partial charge on any atom is -0.497 e. The Balaban J connectivity index is 2.02. The molecule has 0 radical (unpaired) electrons.